The van der Waals surface area contributed by atoms with Crippen LogP contribution in [0.15, 0.2) is 6.07 Å². The fourth-order valence-electron chi connectivity index (χ4n) is 1.80. The molecule has 0 radical (unpaired) electrons. The molecule has 0 aliphatic carbocycles. The number of hydrogen-bond acceptors (Lipinski definition) is 4. The Bertz CT molecular complexity index is 466. The first kappa shape index (κ1) is 15.1. The molecule has 1 aromatic heterocycles. The van der Waals surface area contributed by atoms with Crippen molar-refractivity contribution in [1.82, 2.24) is 0 Å². The smallest absolute Gasteiger partial charge is 0.344 e. The first-order valence-electron chi connectivity index (χ1n) is 6.28. The second-order valence-corrected chi connectivity index (χ2v) is 4.14. The van der Waals surface area contributed by atoms with Crippen LogP contribution in [0.25, 0.3) is 0 Å². The van der Waals surface area contributed by atoms with Gasteiger partial charge >= 0.3 is 11.9 Å². The lowest BCUT2D eigenvalue weighted by Gasteiger charge is -2.09. The number of carbonyl (C=O) groups is 2. The molecule has 5 heteroatoms. The molecule has 0 amide bonds. The summed E-state index contributed by atoms with van der Waals surface area (Å²) in [6.45, 7) is 7.71. The second-order valence-electron chi connectivity index (χ2n) is 4.14. The monoisotopic (exact) mass is 266 g/mol. The Kier molecular flexibility index (Phi) is 5.03. The van der Waals surface area contributed by atoms with Crippen molar-refractivity contribution in [3.05, 3.63) is 28.6 Å². The third-order valence-corrected chi connectivity index (χ3v) is 3.07. The summed E-state index contributed by atoms with van der Waals surface area (Å²) in [4.78, 5) is 23.7. The average molecular weight is 266 g/mol. The lowest BCUT2D eigenvalue weighted by molar-refractivity contribution is -0.684. The van der Waals surface area contributed by atoms with Gasteiger partial charge in [0.1, 0.15) is 18.2 Å². The summed E-state index contributed by atoms with van der Waals surface area (Å²) in [5.41, 5.74) is 2.28. The van der Waals surface area contributed by atoms with Gasteiger partial charge < -0.3 is 9.47 Å². The minimum absolute atomic E-state index is 0.296. The van der Waals surface area contributed by atoms with Crippen LogP contribution < -0.4 is 4.57 Å². The Labute approximate surface area is 113 Å². The zero-order valence-electron chi connectivity index (χ0n) is 12.1. The molecule has 0 saturated carbocycles. The van der Waals surface area contributed by atoms with Crippen LogP contribution in [0.4, 0.5) is 0 Å². The lowest BCUT2D eigenvalue weighted by atomic mass is 10.1. The number of ether oxygens (including phenoxy) is 2. The summed E-state index contributed by atoms with van der Waals surface area (Å²) in [6, 6.07) is 1.54. The van der Waals surface area contributed by atoms with Gasteiger partial charge in [0, 0.05) is 13.8 Å². The molecule has 1 aromatic rings. The van der Waals surface area contributed by atoms with Crippen molar-refractivity contribution in [1.29, 1.82) is 0 Å². The molecule has 0 aromatic carbocycles. The molecule has 5 nitrogen and oxygen atoms in total. The predicted molar refractivity (Wildman–Crippen MR) is 69.0 cm³/mol. The molecule has 0 fully saturated rings. The molecule has 0 spiro atoms. The highest BCUT2D eigenvalue weighted by molar-refractivity contribution is 5.95. The number of aromatic nitrogens is 1. The van der Waals surface area contributed by atoms with Gasteiger partial charge in [-0.1, -0.05) is 0 Å². The molecule has 1 heterocycles. The Hall–Kier alpha value is -1.91. The van der Waals surface area contributed by atoms with Gasteiger partial charge in [-0.05, 0) is 19.9 Å². The van der Waals surface area contributed by atoms with Gasteiger partial charge in [0.05, 0.1) is 13.2 Å². The van der Waals surface area contributed by atoms with Gasteiger partial charge in [0.25, 0.3) is 0 Å². The summed E-state index contributed by atoms with van der Waals surface area (Å²) in [5.74, 6) is -0.859. The van der Waals surface area contributed by atoms with E-state index in [1.165, 1.54) is 0 Å². The fraction of sp³-hybridized carbons (Fsp3) is 0.500. The van der Waals surface area contributed by atoms with Crippen molar-refractivity contribution in [2.24, 2.45) is 7.05 Å². The van der Waals surface area contributed by atoms with Crippen molar-refractivity contribution in [3.8, 4) is 0 Å². The molecule has 0 saturated heterocycles. The Morgan fingerprint density at radius 1 is 1.00 bits per heavy atom. The summed E-state index contributed by atoms with van der Waals surface area (Å²) in [7, 11) is 1.80. The molecular weight excluding hydrogens is 246 g/mol. The predicted octanol–water partition coefficient (Wildman–Crippen LogP) is 1.48. The molecule has 104 valence electrons. The zero-order valence-corrected chi connectivity index (χ0v) is 12.1. The van der Waals surface area contributed by atoms with Gasteiger partial charge in [0.15, 0.2) is 11.4 Å². The molecule has 19 heavy (non-hydrogen) atoms. The van der Waals surface area contributed by atoms with Gasteiger partial charge in [-0.2, -0.15) is 0 Å². The van der Waals surface area contributed by atoms with E-state index in [4.69, 9.17) is 9.47 Å². The summed E-state index contributed by atoms with van der Waals surface area (Å²) in [5, 5.41) is 0. The van der Waals surface area contributed by atoms with E-state index in [1.54, 1.807) is 31.5 Å². The van der Waals surface area contributed by atoms with E-state index in [9.17, 15) is 9.59 Å². The van der Waals surface area contributed by atoms with Crippen molar-refractivity contribution < 1.29 is 23.6 Å². The number of carbonyl (C=O) groups excluding carboxylic acids is 2. The molecule has 0 N–H and O–H groups in total. The maximum atomic E-state index is 11.9. The molecule has 0 bridgehead atoms. The molecule has 0 atom stereocenters. The Morgan fingerprint density at radius 2 is 1.37 bits per heavy atom. The van der Waals surface area contributed by atoms with Crippen molar-refractivity contribution in [2.75, 3.05) is 13.2 Å². The van der Waals surface area contributed by atoms with E-state index in [2.05, 4.69) is 0 Å². The molecule has 0 aliphatic rings. The van der Waals surface area contributed by atoms with E-state index in [0.29, 0.717) is 24.3 Å². The van der Waals surface area contributed by atoms with Gasteiger partial charge in [-0.15, -0.1) is 0 Å². The number of nitrogens with zero attached hydrogens (tertiary/aromatic N) is 1. The van der Waals surface area contributed by atoms with Crippen LogP contribution in [0.3, 0.4) is 0 Å². The molecule has 1 rings (SSSR count). The van der Waals surface area contributed by atoms with Gasteiger partial charge in [0.2, 0.25) is 0 Å². The Balaban J connectivity index is 3.34. The van der Waals surface area contributed by atoms with E-state index < -0.39 is 11.9 Å². The highest BCUT2D eigenvalue weighted by Crippen LogP contribution is 2.13. The SMILES string of the molecule is CCOC(=O)c1cc(C(=O)OCC)c(C)[n+](C)c1C. The second kappa shape index (κ2) is 6.31. The topological polar surface area (TPSA) is 56.5 Å². The normalized spacial score (nSPS) is 10.2. The average Bonchev–Trinajstić information content (AvgIpc) is 2.36. The van der Waals surface area contributed by atoms with Crippen molar-refractivity contribution in [3.63, 3.8) is 0 Å². The minimum Gasteiger partial charge on any atom is -0.462 e. The van der Waals surface area contributed by atoms with Crippen LogP contribution in [-0.4, -0.2) is 25.2 Å². The van der Waals surface area contributed by atoms with Crippen molar-refractivity contribution >= 4 is 11.9 Å². The molecule has 0 aliphatic heterocycles. The van der Waals surface area contributed by atoms with Gasteiger partial charge in [-0.3, -0.25) is 0 Å². The maximum Gasteiger partial charge on any atom is 0.344 e. The Morgan fingerprint density at radius 3 is 1.68 bits per heavy atom. The summed E-state index contributed by atoms with van der Waals surface area (Å²) in [6.07, 6.45) is 0. The van der Waals surface area contributed by atoms with E-state index in [1.807, 2.05) is 13.8 Å². The third kappa shape index (κ3) is 3.10. The zero-order chi connectivity index (χ0) is 14.6. The van der Waals surface area contributed by atoms with Crippen LogP contribution in [0, 0.1) is 13.8 Å². The molecule has 0 unspecified atom stereocenters. The first-order chi connectivity index (χ1) is 8.93. The van der Waals surface area contributed by atoms with Crippen LogP contribution in [0.5, 0.6) is 0 Å². The first-order valence-corrected chi connectivity index (χ1v) is 6.28. The number of pyridine rings is 1. The summed E-state index contributed by atoms with van der Waals surface area (Å²) >= 11 is 0. The lowest BCUT2D eigenvalue weighted by Crippen LogP contribution is -2.39. The quantitative estimate of drug-likeness (QED) is 0.612. The van der Waals surface area contributed by atoms with E-state index in [-0.39, 0.29) is 0 Å². The number of rotatable bonds is 4. The number of esters is 2. The van der Waals surface area contributed by atoms with Crippen LogP contribution in [0.2, 0.25) is 0 Å². The van der Waals surface area contributed by atoms with E-state index in [0.717, 1.165) is 11.4 Å². The van der Waals surface area contributed by atoms with Crippen LogP contribution >= 0.6 is 0 Å². The van der Waals surface area contributed by atoms with Crippen molar-refractivity contribution in [2.45, 2.75) is 27.7 Å². The highest BCUT2D eigenvalue weighted by Gasteiger charge is 2.26. The fourth-order valence-corrected chi connectivity index (χ4v) is 1.80. The standard InChI is InChI=1S/C14H20NO4/c1-6-18-13(16)11-8-12(14(17)19-7-2)10(4)15(5)9(11)3/h8H,6-7H2,1-5H3/q+1. The summed E-state index contributed by atoms with van der Waals surface area (Å²) < 4.78 is 11.8. The maximum absolute atomic E-state index is 11.9. The number of hydrogen-bond donors (Lipinski definition) is 0. The van der Waals surface area contributed by atoms with Crippen LogP contribution in [-0.2, 0) is 16.5 Å². The third-order valence-electron chi connectivity index (χ3n) is 3.07. The van der Waals surface area contributed by atoms with E-state index >= 15 is 0 Å². The largest absolute Gasteiger partial charge is 0.462 e. The van der Waals surface area contributed by atoms with Crippen LogP contribution in [0.1, 0.15) is 46.0 Å². The highest BCUT2D eigenvalue weighted by atomic mass is 16.5. The molecular formula is C14H20NO4+. The minimum atomic E-state index is -0.429. The van der Waals surface area contributed by atoms with Gasteiger partial charge in [-0.25, -0.2) is 14.2 Å².